The number of rotatable bonds is 2. The number of nitrogens with zero attached hydrogens (tertiary/aromatic N) is 1. The van der Waals surface area contributed by atoms with Gasteiger partial charge in [0.2, 0.25) is 0 Å². The molecule has 0 aliphatic carbocycles. The van der Waals surface area contributed by atoms with Crippen LogP contribution in [0.3, 0.4) is 0 Å². The molecule has 0 amide bonds. The molecule has 2 heterocycles. The Kier molecular flexibility index (Phi) is 2.25. The molecule has 1 heteroatoms. The van der Waals surface area contributed by atoms with Crippen LogP contribution in [-0.2, 0) is 0 Å². The fourth-order valence-corrected chi connectivity index (χ4v) is 3.27. The summed E-state index contributed by atoms with van der Waals surface area (Å²) in [4.78, 5) is 0. The van der Waals surface area contributed by atoms with E-state index < -0.39 is 0 Å². The van der Waals surface area contributed by atoms with Gasteiger partial charge >= 0.3 is 0 Å². The zero-order valence-electron chi connectivity index (χ0n) is 11.4. The molecule has 0 spiro atoms. The van der Waals surface area contributed by atoms with Gasteiger partial charge in [0.25, 0.3) is 0 Å². The highest BCUT2D eigenvalue weighted by Crippen LogP contribution is 2.37. The topological polar surface area (TPSA) is 4.41 Å². The minimum Gasteiger partial charge on any atom is -0.312 e. The van der Waals surface area contributed by atoms with Crippen molar-refractivity contribution in [1.82, 2.24) is 4.40 Å². The van der Waals surface area contributed by atoms with Gasteiger partial charge in [-0.2, -0.15) is 0 Å². The number of allylic oxidation sites excluding steroid dienone is 2. The van der Waals surface area contributed by atoms with Crippen molar-refractivity contribution in [2.75, 3.05) is 0 Å². The van der Waals surface area contributed by atoms with E-state index in [4.69, 9.17) is 0 Å². The predicted octanol–water partition coefficient (Wildman–Crippen LogP) is 5.19. The van der Waals surface area contributed by atoms with Crippen molar-refractivity contribution in [1.29, 1.82) is 0 Å². The maximum absolute atomic E-state index is 3.77. The van der Waals surface area contributed by atoms with Crippen molar-refractivity contribution in [2.24, 2.45) is 0 Å². The molecule has 0 atom stereocenters. The van der Waals surface area contributed by atoms with Crippen molar-refractivity contribution in [2.45, 2.75) is 6.92 Å². The number of aryl methyl sites for hydroxylation is 1. The molecule has 0 bridgehead atoms. The molecule has 20 heavy (non-hydrogen) atoms. The van der Waals surface area contributed by atoms with Crippen LogP contribution in [0.25, 0.3) is 33.3 Å². The van der Waals surface area contributed by atoms with Crippen LogP contribution in [0, 0.1) is 6.92 Å². The second-order valence-corrected chi connectivity index (χ2v) is 5.15. The van der Waals surface area contributed by atoms with Gasteiger partial charge in [-0.05, 0) is 13.0 Å². The lowest BCUT2D eigenvalue weighted by Crippen LogP contribution is -1.84. The summed E-state index contributed by atoms with van der Waals surface area (Å²) in [5, 5.41) is 3.98. The van der Waals surface area contributed by atoms with Crippen LogP contribution >= 0.6 is 0 Å². The number of hydrogen-bond acceptors (Lipinski definition) is 0. The van der Waals surface area contributed by atoms with E-state index in [1.807, 2.05) is 12.2 Å². The van der Waals surface area contributed by atoms with Crippen LogP contribution in [0.4, 0.5) is 0 Å². The van der Waals surface area contributed by atoms with Gasteiger partial charge in [-0.3, -0.25) is 0 Å². The van der Waals surface area contributed by atoms with E-state index in [0.29, 0.717) is 0 Å². The Balaban J connectivity index is 2.30. The highest BCUT2D eigenvalue weighted by Gasteiger charge is 2.17. The third-order valence-electron chi connectivity index (χ3n) is 4.11. The average Bonchev–Trinajstić information content (AvgIpc) is 2.96. The molecule has 0 N–H and O–H groups in total. The van der Waals surface area contributed by atoms with Gasteiger partial charge in [0.05, 0.1) is 11.0 Å². The summed E-state index contributed by atoms with van der Waals surface area (Å²) in [5.74, 6) is 0. The van der Waals surface area contributed by atoms with E-state index >= 15 is 0 Å². The van der Waals surface area contributed by atoms with Gasteiger partial charge in [0.1, 0.15) is 0 Å². The molecule has 0 saturated heterocycles. The van der Waals surface area contributed by atoms with Gasteiger partial charge in [-0.15, -0.1) is 0 Å². The van der Waals surface area contributed by atoms with Crippen molar-refractivity contribution in [3.8, 4) is 0 Å². The fraction of sp³-hybridized carbons (Fsp3) is 0.0526. The average molecular weight is 257 g/mol. The normalized spacial score (nSPS) is 12.2. The van der Waals surface area contributed by atoms with E-state index in [-0.39, 0.29) is 0 Å². The summed E-state index contributed by atoms with van der Waals surface area (Å²) in [6, 6.07) is 15.2. The highest BCUT2D eigenvalue weighted by atomic mass is 14.9. The van der Waals surface area contributed by atoms with E-state index in [2.05, 4.69) is 66.4 Å². The third kappa shape index (κ3) is 1.27. The Morgan fingerprint density at radius 2 is 1.70 bits per heavy atom. The first kappa shape index (κ1) is 11.3. The first-order valence-electron chi connectivity index (χ1n) is 6.86. The summed E-state index contributed by atoms with van der Waals surface area (Å²) in [6.07, 6.45) is 5.98. The zero-order chi connectivity index (χ0) is 13.7. The molecule has 4 rings (SSSR count). The first-order chi connectivity index (χ1) is 9.83. The largest absolute Gasteiger partial charge is 0.312 e. The molecule has 0 aliphatic heterocycles. The zero-order valence-corrected chi connectivity index (χ0v) is 11.4. The molecule has 2 aromatic heterocycles. The van der Waals surface area contributed by atoms with Crippen LogP contribution in [0.15, 0.2) is 61.2 Å². The number of hydrogen-bond donors (Lipinski definition) is 0. The van der Waals surface area contributed by atoms with E-state index in [1.165, 1.54) is 38.4 Å². The molecule has 0 fully saturated rings. The second kappa shape index (κ2) is 3.97. The van der Waals surface area contributed by atoms with Crippen molar-refractivity contribution < 1.29 is 0 Å². The Morgan fingerprint density at radius 1 is 0.950 bits per heavy atom. The quantitative estimate of drug-likeness (QED) is 0.435. The highest BCUT2D eigenvalue weighted by molar-refractivity contribution is 6.16. The monoisotopic (exact) mass is 257 g/mol. The van der Waals surface area contributed by atoms with E-state index in [1.54, 1.807) is 0 Å². The summed E-state index contributed by atoms with van der Waals surface area (Å²) in [5.41, 5.74) is 5.19. The Bertz CT molecular complexity index is 970. The van der Waals surface area contributed by atoms with Gasteiger partial charge < -0.3 is 4.40 Å². The summed E-state index contributed by atoms with van der Waals surface area (Å²) < 4.78 is 2.38. The molecule has 96 valence electrons. The fourth-order valence-electron chi connectivity index (χ4n) is 3.27. The van der Waals surface area contributed by atoms with Crippen LogP contribution in [0.2, 0.25) is 0 Å². The molecule has 4 aromatic rings. The molecule has 0 radical (unpaired) electrons. The van der Waals surface area contributed by atoms with Gasteiger partial charge in [-0.25, -0.2) is 0 Å². The summed E-state index contributed by atoms with van der Waals surface area (Å²) in [7, 11) is 0. The minimum absolute atomic E-state index is 1.29. The van der Waals surface area contributed by atoms with E-state index in [9.17, 15) is 0 Å². The number of benzene rings is 2. The van der Waals surface area contributed by atoms with Gasteiger partial charge in [0, 0.05) is 27.4 Å². The van der Waals surface area contributed by atoms with Gasteiger partial charge in [-0.1, -0.05) is 61.2 Å². The maximum atomic E-state index is 3.77. The van der Waals surface area contributed by atoms with E-state index in [0.717, 1.165) is 0 Å². The molecule has 0 aliphatic rings. The predicted molar refractivity (Wildman–Crippen MR) is 87.6 cm³/mol. The second-order valence-electron chi connectivity index (χ2n) is 5.15. The standard InChI is InChI=1S/C19H15N/c1-3-4-8-14-13(2)20-18-12-6-5-9-15(18)17-11-7-10-16(14)19(17)20/h3-12H,1H2,2H3/b8-4-. The first-order valence-corrected chi connectivity index (χ1v) is 6.86. The molecular weight excluding hydrogens is 242 g/mol. The molecule has 2 aromatic carbocycles. The molecule has 0 unspecified atom stereocenters. The summed E-state index contributed by atoms with van der Waals surface area (Å²) >= 11 is 0. The molecule has 1 nitrogen and oxygen atoms in total. The van der Waals surface area contributed by atoms with Crippen LogP contribution in [0.5, 0.6) is 0 Å². The van der Waals surface area contributed by atoms with Gasteiger partial charge in [0.15, 0.2) is 0 Å². The summed E-state index contributed by atoms with van der Waals surface area (Å²) in [6.45, 7) is 5.96. The van der Waals surface area contributed by atoms with Crippen LogP contribution in [0.1, 0.15) is 11.3 Å². The smallest absolute Gasteiger partial charge is 0.0617 e. The van der Waals surface area contributed by atoms with Crippen molar-refractivity contribution in [3.05, 3.63) is 72.5 Å². The van der Waals surface area contributed by atoms with Crippen LogP contribution in [-0.4, -0.2) is 4.40 Å². The van der Waals surface area contributed by atoms with Crippen molar-refractivity contribution >= 4 is 33.3 Å². The lowest BCUT2D eigenvalue weighted by atomic mass is 10.1. The minimum atomic E-state index is 1.29. The number of para-hydroxylation sites is 2. The molecule has 0 saturated carbocycles. The number of aromatic nitrogens is 1. The van der Waals surface area contributed by atoms with Crippen molar-refractivity contribution in [3.63, 3.8) is 0 Å². The van der Waals surface area contributed by atoms with Crippen LogP contribution < -0.4 is 0 Å². The number of fused-ring (bicyclic) bond motifs is 3. The Hall–Kier alpha value is -2.54. The molecular formula is C19H15N. The maximum Gasteiger partial charge on any atom is 0.0617 e. The Labute approximate surface area is 117 Å². The lowest BCUT2D eigenvalue weighted by molar-refractivity contribution is 1.18. The third-order valence-corrected chi connectivity index (χ3v) is 4.11. The Morgan fingerprint density at radius 3 is 2.55 bits per heavy atom. The SMILES string of the molecule is C=C/C=C\c1c(C)n2c3ccccc3c3cccc1c32. The lowest BCUT2D eigenvalue weighted by Gasteiger charge is -1.98.